The van der Waals surface area contributed by atoms with E-state index < -0.39 is 12.0 Å². The second-order valence-electron chi connectivity index (χ2n) is 7.77. The molecule has 0 aromatic heterocycles. The number of carbonyl (C=O) groups is 2. The van der Waals surface area contributed by atoms with Gasteiger partial charge in [0.25, 0.3) is 0 Å². The van der Waals surface area contributed by atoms with E-state index in [4.69, 9.17) is 14.6 Å². The summed E-state index contributed by atoms with van der Waals surface area (Å²) in [4.78, 5) is 27.1. The van der Waals surface area contributed by atoms with Crippen LogP contribution in [0.25, 0.3) is 0 Å². The Balaban J connectivity index is 1.43. The first-order chi connectivity index (χ1) is 13.6. The van der Waals surface area contributed by atoms with Crippen molar-refractivity contribution in [1.82, 2.24) is 0 Å². The van der Waals surface area contributed by atoms with Crippen LogP contribution in [-0.2, 0) is 17.6 Å². The first kappa shape index (κ1) is 17.3. The van der Waals surface area contributed by atoms with Crippen LogP contribution in [0.5, 0.6) is 11.5 Å². The molecule has 1 saturated heterocycles. The molecule has 1 fully saturated rings. The lowest BCUT2D eigenvalue weighted by atomic mass is 9.70. The van der Waals surface area contributed by atoms with E-state index in [9.17, 15) is 9.59 Å². The fourth-order valence-corrected chi connectivity index (χ4v) is 4.64. The van der Waals surface area contributed by atoms with Crippen molar-refractivity contribution >= 4 is 17.4 Å². The van der Waals surface area contributed by atoms with Gasteiger partial charge in [0.1, 0.15) is 6.61 Å². The SMILES string of the molecule is O=C(CO)c1ccc2c(c1)C[C@@]1(CC2)CCN(c2ccc3c(c2)OCO3)C1=O. The van der Waals surface area contributed by atoms with E-state index in [1.165, 1.54) is 5.56 Å². The number of rotatable bonds is 3. The minimum Gasteiger partial charge on any atom is -0.454 e. The second-order valence-corrected chi connectivity index (χ2v) is 7.77. The molecule has 0 radical (unpaired) electrons. The van der Waals surface area contributed by atoms with E-state index in [-0.39, 0.29) is 18.5 Å². The van der Waals surface area contributed by atoms with E-state index in [1.807, 2.05) is 35.2 Å². The number of carbonyl (C=O) groups excluding carboxylic acids is 2. The Bertz CT molecular complexity index is 985. The van der Waals surface area contributed by atoms with Crippen molar-refractivity contribution < 1.29 is 24.2 Å². The largest absolute Gasteiger partial charge is 0.454 e. The first-order valence-corrected chi connectivity index (χ1v) is 9.57. The monoisotopic (exact) mass is 379 g/mol. The number of hydrogen-bond donors (Lipinski definition) is 1. The number of ketones is 1. The first-order valence-electron chi connectivity index (χ1n) is 9.57. The Morgan fingerprint density at radius 2 is 1.93 bits per heavy atom. The zero-order valence-electron chi connectivity index (χ0n) is 15.4. The van der Waals surface area contributed by atoms with Crippen molar-refractivity contribution in [2.45, 2.75) is 25.7 Å². The summed E-state index contributed by atoms with van der Waals surface area (Å²) in [7, 11) is 0. The molecule has 144 valence electrons. The Hall–Kier alpha value is -2.86. The summed E-state index contributed by atoms with van der Waals surface area (Å²) < 4.78 is 10.8. The number of amides is 1. The predicted molar refractivity (Wildman–Crippen MR) is 102 cm³/mol. The minimum absolute atomic E-state index is 0.135. The van der Waals surface area contributed by atoms with Crippen LogP contribution in [0, 0.1) is 5.41 Å². The number of fused-ring (bicyclic) bond motifs is 2. The zero-order chi connectivity index (χ0) is 19.3. The topological polar surface area (TPSA) is 76.1 Å². The third-order valence-corrected chi connectivity index (χ3v) is 6.25. The van der Waals surface area contributed by atoms with Gasteiger partial charge in [-0.05, 0) is 55.0 Å². The summed E-state index contributed by atoms with van der Waals surface area (Å²) in [5.41, 5.74) is 3.16. The van der Waals surface area contributed by atoms with Gasteiger partial charge in [0.15, 0.2) is 17.3 Å². The van der Waals surface area contributed by atoms with Gasteiger partial charge in [0.2, 0.25) is 12.7 Å². The fourth-order valence-electron chi connectivity index (χ4n) is 4.64. The van der Waals surface area contributed by atoms with Crippen LogP contribution in [0.2, 0.25) is 0 Å². The number of aliphatic hydroxyl groups excluding tert-OH is 1. The third kappa shape index (κ3) is 2.59. The van der Waals surface area contributed by atoms with Gasteiger partial charge >= 0.3 is 0 Å². The molecule has 2 heterocycles. The standard InChI is InChI=1S/C22H21NO5/c24-12-18(25)15-2-1-14-5-6-22(11-16(14)9-15)7-8-23(21(22)26)17-3-4-19-20(10-17)28-13-27-19/h1-4,9-10,24H,5-8,11-13H2/t22-/m1/s1. The predicted octanol–water partition coefficient (Wildman–Crippen LogP) is 2.50. The van der Waals surface area contributed by atoms with Gasteiger partial charge in [-0.25, -0.2) is 0 Å². The van der Waals surface area contributed by atoms with Crippen LogP contribution in [0.1, 0.15) is 34.3 Å². The number of aryl methyl sites for hydroxylation is 1. The highest BCUT2D eigenvalue weighted by Gasteiger charge is 2.48. The fraction of sp³-hybridized carbons (Fsp3) is 0.364. The van der Waals surface area contributed by atoms with Gasteiger partial charge in [-0.3, -0.25) is 9.59 Å². The average molecular weight is 379 g/mol. The number of nitrogens with zero attached hydrogens (tertiary/aromatic N) is 1. The van der Waals surface area contributed by atoms with Gasteiger partial charge in [0.05, 0.1) is 5.41 Å². The average Bonchev–Trinajstić information content (AvgIpc) is 3.31. The molecule has 2 aromatic carbocycles. The Morgan fingerprint density at radius 3 is 2.79 bits per heavy atom. The molecule has 6 nitrogen and oxygen atoms in total. The number of aliphatic hydroxyl groups is 1. The van der Waals surface area contributed by atoms with Gasteiger partial charge in [-0.15, -0.1) is 0 Å². The van der Waals surface area contributed by atoms with Crippen LogP contribution < -0.4 is 14.4 Å². The molecule has 6 heteroatoms. The molecule has 0 unspecified atom stereocenters. The number of hydrogen-bond acceptors (Lipinski definition) is 5. The minimum atomic E-state index is -0.499. The molecule has 1 aliphatic carbocycles. The van der Waals surface area contributed by atoms with Gasteiger partial charge in [0, 0.05) is 23.9 Å². The Labute approximate surface area is 162 Å². The molecule has 1 atom stereocenters. The molecule has 1 spiro atoms. The molecule has 1 N–H and O–H groups in total. The maximum atomic E-state index is 13.4. The van der Waals surface area contributed by atoms with Gasteiger partial charge in [-0.1, -0.05) is 12.1 Å². The quantitative estimate of drug-likeness (QED) is 0.830. The van der Waals surface area contributed by atoms with Crippen molar-refractivity contribution in [3.63, 3.8) is 0 Å². The van der Waals surface area contributed by atoms with Gasteiger partial charge < -0.3 is 19.5 Å². The molecule has 2 aliphatic heterocycles. The van der Waals surface area contributed by atoms with E-state index >= 15 is 0 Å². The van der Waals surface area contributed by atoms with E-state index in [2.05, 4.69) is 0 Å². The van der Waals surface area contributed by atoms with Crippen LogP contribution in [0.15, 0.2) is 36.4 Å². The number of Topliss-reactive ketones (excluding diaryl/α,β-unsaturated/α-hetero) is 1. The highest BCUT2D eigenvalue weighted by Crippen LogP contribution is 2.46. The summed E-state index contributed by atoms with van der Waals surface area (Å²) in [6.07, 6.45) is 3.06. The molecular weight excluding hydrogens is 358 g/mol. The molecule has 3 aliphatic rings. The van der Waals surface area contributed by atoms with Crippen molar-refractivity contribution in [1.29, 1.82) is 0 Å². The summed E-state index contributed by atoms with van der Waals surface area (Å²) in [6.45, 7) is 0.381. The van der Waals surface area contributed by atoms with Crippen LogP contribution in [0.3, 0.4) is 0 Å². The van der Waals surface area contributed by atoms with Crippen LogP contribution in [-0.4, -0.2) is 36.7 Å². The number of benzene rings is 2. The normalized spacial score (nSPS) is 22.6. The molecular formula is C22H21NO5. The van der Waals surface area contributed by atoms with Gasteiger partial charge in [-0.2, -0.15) is 0 Å². The second kappa shape index (κ2) is 6.34. The molecule has 1 amide bonds. The maximum Gasteiger partial charge on any atom is 0.233 e. The lowest BCUT2D eigenvalue weighted by Crippen LogP contribution is -2.38. The van der Waals surface area contributed by atoms with Crippen LogP contribution >= 0.6 is 0 Å². The van der Waals surface area contributed by atoms with E-state index in [0.29, 0.717) is 30.0 Å². The summed E-state index contributed by atoms with van der Waals surface area (Å²) >= 11 is 0. The number of anilines is 1. The van der Waals surface area contributed by atoms with E-state index in [1.54, 1.807) is 6.07 Å². The van der Waals surface area contributed by atoms with Crippen molar-refractivity contribution in [2.24, 2.45) is 5.41 Å². The zero-order valence-corrected chi connectivity index (χ0v) is 15.4. The van der Waals surface area contributed by atoms with Crippen LogP contribution in [0.4, 0.5) is 5.69 Å². The molecule has 5 rings (SSSR count). The maximum absolute atomic E-state index is 13.4. The highest BCUT2D eigenvalue weighted by atomic mass is 16.7. The van der Waals surface area contributed by atoms with Crippen molar-refractivity contribution in [3.8, 4) is 11.5 Å². The van der Waals surface area contributed by atoms with E-state index in [0.717, 1.165) is 30.5 Å². The molecule has 0 saturated carbocycles. The third-order valence-electron chi connectivity index (χ3n) is 6.25. The highest BCUT2D eigenvalue weighted by molar-refractivity contribution is 6.01. The molecule has 0 bridgehead atoms. The summed E-state index contributed by atoms with van der Waals surface area (Å²) in [6, 6.07) is 11.2. The smallest absolute Gasteiger partial charge is 0.233 e. The number of ether oxygens (including phenoxy) is 2. The van der Waals surface area contributed by atoms with Crippen molar-refractivity contribution in [2.75, 3.05) is 24.8 Å². The summed E-state index contributed by atoms with van der Waals surface area (Å²) in [5.74, 6) is 1.23. The molecule has 2 aromatic rings. The lowest BCUT2D eigenvalue weighted by molar-refractivity contribution is -0.126. The summed E-state index contributed by atoms with van der Waals surface area (Å²) in [5, 5.41) is 9.14. The Kier molecular flexibility index (Phi) is 3.91. The molecule has 28 heavy (non-hydrogen) atoms. The lowest BCUT2D eigenvalue weighted by Gasteiger charge is -2.33. The Morgan fingerprint density at radius 1 is 1.07 bits per heavy atom. The van der Waals surface area contributed by atoms with Crippen molar-refractivity contribution in [3.05, 3.63) is 53.1 Å².